The number of hydrogen-bond acceptors (Lipinski definition) is 3. The van der Waals surface area contributed by atoms with Crippen molar-refractivity contribution in [2.45, 2.75) is 19.8 Å². The van der Waals surface area contributed by atoms with E-state index in [0.29, 0.717) is 38.0 Å². The van der Waals surface area contributed by atoms with Crippen molar-refractivity contribution in [2.24, 2.45) is 5.41 Å². The van der Waals surface area contributed by atoms with Gasteiger partial charge in [0.05, 0.1) is 11.0 Å². The first-order valence-corrected chi connectivity index (χ1v) is 10.7. The molecule has 2 heterocycles. The van der Waals surface area contributed by atoms with Crippen molar-refractivity contribution in [3.63, 3.8) is 0 Å². The molecule has 0 radical (unpaired) electrons. The van der Waals surface area contributed by atoms with Crippen molar-refractivity contribution in [3.8, 4) is 11.1 Å². The van der Waals surface area contributed by atoms with Gasteiger partial charge in [-0.3, -0.25) is 14.6 Å². The highest BCUT2D eigenvalue weighted by Crippen LogP contribution is 2.36. The highest BCUT2D eigenvalue weighted by atomic mass is 16.2. The standard InChI is InChI=1S/C26H27N3O2/c1-2-28-25(31)26(13-15-29(19-26)24(30)23-12-7-14-27-18-23)17-20-8-6-11-22(16-20)21-9-4-3-5-10-21/h3-12,14,16,18H,2,13,15,17,19H2,1H3,(H,28,31). The number of amides is 2. The number of carbonyl (C=O) groups is 2. The zero-order valence-corrected chi connectivity index (χ0v) is 17.8. The van der Waals surface area contributed by atoms with Gasteiger partial charge in [-0.25, -0.2) is 0 Å². The molecule has 1 aliphatic heterocycles. The topological polar surface area (TPSA) is 62.3 Å². The lowest BCUT2D eigenvalue weighted by atomic mass is 9.79. The van der Waals surface area contributed by atoms with Crippen LogP contribution in [0.4, 0.5) is 0 Å². The maximum Gasteiger partial charge on any atom is 0.255 e. The number of carbonyl (C=O) groups excluding carboxylic acids is 2. The molecule has 0 bridgehead atoms. The Labute approximate surface area is 183 Å². The lowest BCUT2D eigenvalue weighted by molar-refractivity contribution is -0.130. The molecule has 0 saturated carbocycles. The number of rotatable bonds is 6. The molecule has 1 fully saturated rings. The van der Waals surface area contributed by atoms with Crippen LogP contribution in [-0.2, 0) is 11.2 Å². The lowest BCUT2D eigenvalue weighted by Crippen LogP contribution is -2.45. The van der Waals surface area contributed by atoms with Gasteiger partial charge in [-0.2, -0.15) is 0 Å². The zero-order valence-electron chi connectivity index (χ0n) is 17.8. The summed E-state index contributed by atoms with van der Waals surface area (Å²) in [6.45, 7) is 3.46. The van der Waals surface area contributed by atoms with E-state index in [4.69, 9.17) is 0 Å². The Kier molecular flexibility index (Phi) is 6.12. The maximum absolute atomic E-state index is 13.2. The minimum absolute atomic E-state index is 0.0154. The zero-order chi connectivity index (χ0) is 21.7. The van der Waals surface area contributed by atoms with Gasteiger partial charge < -0.3 is 10.2 Å². The first-order chi connectivity index (χ1) is 15.1. The monoisotopic (exact) mass is 413 g/mol. The fraction of sp³-hybridized carbons (Fsp3) is 0.269. The molecule has 1 atom stereocenters. The second-order valence-corrected chi connectivity index (χ2v) is 8.10. The number of nitrogens with zero attached hydrogens (tertiary/aromatic N) is 2. The van der Waals surface area contributed by atoms with E-state index in [1.165, 1.54) is 0 Å². The second kappa shape index (κ2) is 9.13. The van der Waals surface area contributed by atoms with E-state index >= 15 is 0 Å². The van der Waals surface area contributed by atoms with E-state index in [-0.39, 0.29) is 11.8 Å². The van der Waals surface area contributed by atoms with Crippen LogP contribution in [0, 0.1) is 5.41 Å². The van der Waals surface area contributed by atoms with Crippen LogP contribution in [0.25, 0.3) is 11.1 Å². The molecule has 2 amide bonds. The quantitative estimate of drug-likeness (QED) is 0.665. The number of benzene rings is 2. The largest absolute Gasteiger partial charge is 0.356 e. The predicted octanol–water partition coefficient (Wildman–Crippen LogP) is 3.96. The number of likely N-dealkylation sites (tertiary alicyclic amines) is 1. The van der Waals surface area contributed by atoms with Gasteiger partial charge in [0.25, 0.3) is 5.91 Å². The molecule has 1 N–H and O–H groups in total. The molecule has 2 aromatic carbocycles. The van der Waals surface area contributed by atoms with Crippen LogP contribution < -0.4 is 5.32 Å². The molecule has 5 nitrogen and oxygen atoms in total. The molecule has 1 saturated heterocycles. The van der Waals surface area contributed by atoms with Crippen molar-refractivity contribution in [1.82, 2.24) is 15.2 Å². The third-order valence-electron chi connectivity index (χ3n) is 5.95. The minimum atomic E-state index is -0.636. The van der Waals surface area contributed by atoms with E-state index in [1.807, 2.05) is 31.2 Å². The predicted molar refractivity (Wildman–Crippen MR) is 121 cm³/mol. The second-order valence-electron chi connectivity index (χ2n) is 8.10. The Morgan fingerprint density at radius 3 is 2.58 bits per heavy atom. The van der Waals surface area contributed by atoms with Gasteiger partial charge in [-0.1, -0.05) is 54.6 Å². The van der Waals surface area contributed by atoms with Gasteiger partial charge in [-0.05, 0) is 48.6 Å². The molecule has 158 valence electrons. The van der Waals surface area contributed by atoms with Gasteiger partial charge >= 0.3 is 0 Å². The molecule has 1 unspecified atom stereocenters. The van der Waals surface area contributed by atoms with Crippen LogP contribution in [0.15, 0.2) is 79.1 Å². The average molecular weight is 414 g/mol. The Morgan fingerprint density at radius 1 is 1.03 bits per heavy atom. The molecule has 0 aliphatic carbocycles. The van der Waals surface area contributed by atoms with E-state index in [1.54, 1.807) is 29.4 Å². The summed E-state index contributed by atoms with van der Waals surface area (Å²) in [4.78, 5) is 32.0. The van der Waals surface area contributed by atoms with Crippen molar-refractivity contribution < 1.29 is 9.59 Å². The van der Waals surface area contributed by atoms with E-state index in [2.05, 4.69) is 40.6 Å². The fourth-order valence-corrected chi connectivity index (χ4v) is 4.36. The molecule has 5 heteroatoms. The number of hydrogen-bond donors (Lipinski definition) is 1. The van der Waals surface area contributed by atoms with E-state index in [0.717, 1.165) is 16.7 Å². The number of nitrogens with one attached hydrogen (secondary N) is 1. The van der Waals surface area contributed by atoms with Crippen molar-refractivity contribution >= 4 is 11.8 Å². The van der Waals surface area contributed by atoms with Gasteiger partial charge in [0, 0.05) is 32.0 Å². The van der Waals surface area contributed by atoms with Gasteiger partial charge in [-0.15, -0.1) is 0 Å². The lowest BCUT2D eigenvalue weighted by Gasteiger charge is -2.28. The molecule has 4 rings (SSSR count). The van der Waals surface area contributed by atoms with Crippen LogP contribution in [-0.4, -0.2) is 41.3 Å². The summed E-state index contributed by atoms with van der Waals surface area (Å²) >= 11 is 0. The smallest absolute Gasteiger partial charge is 0.255 e. The molecule has 3 aromatic rings. The SMILES string of the molecule is CCNC(=O)C1(Cc2cccc(-c3ccccc3)c2)CCN(C(=O)c2cccnc2)C1. The normalized spacial score (nSPS) is 18.0. The van der Waals surface area contributed by atoms with Crippen molar-refractivity contribution in [3.05, 3.63) is 90.3 Å². The highest BCUT2D eigenvalue weighted by molar-refractivity contribution is 5.95. The Bertz CT molecular complexity index is 1050. The molecule has 1 aromatic heterocycles. The third kappa shape index (κ3) is 4.50. The summed E-state index contributed by atoms with van der Waals surface area (Å²) in [6, 6.07) is 22.1. The molecular weight excluding hydrogens is 386 g/mol. The van der Waals surface area contributed by atoms with Crippen LogP contribution in [0.5, 0.6) is 0 Å². The third-order valence-corrected chi connectivity index (χ3v) is 5.95. The summed E-state index contributed by atoms with van der Waals surface area (Å²) < 4.78 is 0. The Morgan fingerprint density at radius 2 is 1.84 bits per heavy atom. The summed E-state index contributed by atoms with van der Waals surface area (Å²) in [7, 11) is 0. The molecular formula is C26H27N3O2. The van der Waals surface area contributed by atoms with Crippen LogP contribution in [0.2, 0.25) is 0 Å². The van der Waals surface area contributed by atoms with Gasteiger partial charge in [0.1, 0.15) is 0 Å². The molecule has 0 spiro atoms. The first kappa shape index (κ1) is 20.8. The van der Waals surface area contributed by atoms with Crippen LogP contribution >= 0.6 is 0 Å². The average Bonchev–Trinajstić information content (AvgIpc) is 3.25. The number of pyridine rings is 1. The highest BCUT2D eigenvalue weighted by Gasteiger charge is 2.45. The summed E-state index contributed by atoms with van der Waals surface area (Å²) in [5.41, 5.74) is 3.30. The van der Waals surface area contributed by atoms with Crippen molar-refractivity contribution in [2.75, 3.05) is 19.6 Å². The molecule has 1 aliphatic rings. The van der Waals surface area contributed by atoms with Crippen LogP contribution in [0.3, 0.4) is 0 Å². The van der Waals surface area contributed by atoms with Gasteiger partial charge in [0.15, 0.2) is 0 Å². The minimum Gasteiger partial charge on any atom is -0.356 e. The maximum atomic E-state index is 13.2. The van der Waals surface area contributed by atoms with Gasteiger partial charge in [0.2, 0.25) is 5.91 Å². The fourth-order valence-electron chi connectivity index (χ4n) is 4.36. The summed E-state index contributed by atoms with van der Waals surface area (Å²) in [5, 5.41) is 3.00. The molecule has 31 heavy (non-hydrogen) atoms. The van der Waals surface area contributed by atoms with E-state index in [9.17, 15) is 9.59 Å². The van der Waals surface area contributed by atoms with Crippen LogP contribution in [0.1, 0.15) is 29.3 Å². The number of aromatic nitrogens is 1. The summed E-state index contributed by atoms with van der Waals surface area (Å²) in [5.74, 6) is -0.0566. The summed E-state index contributed by atoms with van der Waals surface area (Å²) in [6.07, 6.45) is 4.47. The Balaban J connectivity index is 1.59. The van der Waals surface area contributed by atoms with E-state index < -0.39 is 5.41 Å². The Hall–Kier alpha value is -3.47. The first-order valence-electron chi connectivity index (χ1n) is 10.7. The van der Waals surface area contributed by atoms with Crippen molar-refractivity contribution in [1.29, 1.82) is 0 Å².